The van der Waals surface area contributed by atoms with Crippen molar-refractivity contribution >= 4 is 11.8 Å². The molecule has 0 bridgehead atoms. The summed E-state index contributed by atoms with van der Waals surface area (Å²) < 4.78 is 18.4. The van der Waals surface area contributed by atoms with Crippen molar-refractivity contribution in [3.05, 3.63) is 71.4 Å². The van der Waals surface area contributed by atoms with E-state index in [1.165, 1.54) is 12.1 Å². The van der Waals surface area contributed by atoms with Gasteiger partial charge < -0.3 is 15.2 Å². The second-order valence-electron chi connectivity index (χ2n) is 7.75. The highest BCUT2D eigenvalue weighted by molar-refractivity contribution is 5.97. The molecule has 7 nitrogen and oxygen atoms in total. The molecule has 0 fully saturated rings. The highest BCUT2D eigenvalue weighted by Crippen LogP contribution is 2.19. The van der Waals surface area contributed by atoms with Gasteiger partial charge in [0.25, 0.3) is 5.91 Å². The Bertz CT molecular complexity index is 1050. The van der Waals surface area contributed by atoms with E-state index >= 15 is 0 Å². The molecule has 2 amide bonds. The number of nitrogens with one attached hydrogen (secondary N) is 2. The van der Waals surface area contributed by atoms with Crippen LogP contribution in [-0.2, 0) is 4.79 Å². The highest BCUT2D eigenvalue weighted by Gasteiger charge is 2.27. The lowest BCUT2D eigenvalue weighted by Gasteiger charge is -2.23. The van der Waals surface area contributed by atoms with Crippen molar-refractivity contribution in [2.45, 2.75) is 39.8 Å². The zero-order valence-corrected chi connectivity index (χ0v) is 17.8. The average molecular weight is 424 g/mol. The summed E-state index contributed by atoms with van der Waals surface area (Å²) in [5.41, 5.74) is 2.13. The van der Waals surface area contributed by atoms with Crippen molar-refractivity contribution in [1.29, 1.82) is 0 Å². The summed E-state index contributed by atoms with van der Waals surface area (Å²) in [4.78, 5) is 29.7. The molecule has 3 aromatic rings. The van der Waals surface area contributed by atoms with Crippen molar-refractivity contribution in [2.24, 2.45) is 5.92 Å². The predicted molar refractivity (Wildman–Crippen MR) is 114 cm³/mol. The van der Waals surface area contributed by atoms with Crippen LogP contribution >= 0.6 is 0 Å². The van der Waals surface area contributed by atoms with Gasteiger partial charge in [-0.05, 0) is 56.2 Å². The van der Waals surface area contributed by atoms with E-state index in [1.807, 2.05) is 32.9 Å². The largest absolute Gasteiger partial charge is 0.343 e. The number of benzene rings is 2. The lowest BCUT2D eigenvalue weighted by molar-refractivity contribution is -0.124. The Labute approximate surface area is 180 Å². The molecule has 0 saturated carbocycles. The summed E-state index contributed by atoms with van der Waals surface area (Å²) in [6, 6.07) is 11.5. The van der Waals surface area contributed by atoms with Crippen LogP contribution in [0.25, 0.3) is 11.4 Å². The molecule has 0 aliphatic heterocycles. The van der Waals surface area contributed by atoms with Crippen LogP contribution < -0.4 is 10.6 Å². The predicted octanol–water partition coefficient (Wildman–Crippen LogP) is 3.82. The van der Waals surface area contributed by atoms with Gasteiger partial charge in [-0.3, -0.25) is 9.59 Å². The minimum Gasteiger partial charge on any atom is -0.343 e. The Morgan fingerprint density at radius 2 is 1.61 bits per heavy atom. The van der Waals surface area contributed by atoms with Crippen molar-refractivity contribution in [1.82, 2.24) is 20.8 Å². The first-order valence-corrected chi connectivity index (χ1v) is 10.0. The maximum Gasteiger partial charge on any atom is 0.251 e. The monoisotopic (exact) mass is 424 g/mol. The SMILES string of the molecule is Cc1ccc(C(=O)NC(C(=O)NC(C)c2nc(-c3ccc(F)cc3)no2)C(C)C)cc1. The standard InChI is InChI=1S/C23H25FN4O3/c1-13(2)19(26-21(29)17-7-5-14(3)6-8-17)22(30)25-15(4)23-27-20(28-31-23)16-9-11-18(24)12-10-16/h5-13,15,19H,1-4H3,(H,25,30)(H,26,29). The van der Waals surface area contributed by atoms with Crippen LogP contribution in [0.2, 0.25) is 0 Å². The van der Waals surface area contributed by atoms with E-state index in [1.54, 1.807) is 31.2 Å². The first-order valence-electron chi connectivity index (χ1n) is 10.0. The number of hydrogen-bond donors (Lipinski definition) is 2. The fourth-order valence-corrected chi connectivity index (χ4v) is 2.96. The first-order chi connectivity index (χ1) is 14.7. The lowest BCUT2D eigenvalue weighted by atomic mass is 10.0. The molecule has 0 aliphatic rings. The van der Waals surface area contributed by atoms with Gasteiger partial charge in [-0.15, -0.1) is 0 Å². The third-order valence-electron chi connectivity index (χ3n) is 4.82. The molecule has 8 heteroatoms. The molecular weight excluding hydrogens is 399 g/mol. The molecule has 2 N–H and O–H groups in total. The van der Waals surface area contributed by atoms with Crippen LogP contribution in [0, 0.1) is 18.7 Å². The van der Waals surface area contributed by atoms with Gasteiger partial charge in [-0.1, -0.05) is 36.7 Å². The second-order valence-corrected chi connectivity index (χ2v) is 7.75. The number of aryl methyl sites for hydroxylation is 1. The van der Waals surface area contributed by atoms with Crippen molar-refractivity contribution < 1.29 is 18.5 Å². The molecule has 3 rings (SSSR count). The molecule has 2 aromatic carbocycles. The lowest BCUT2D eigenvalue weighted by Crippen LogP contribution is -2.50. The van der Waals surface area contributed by atoms with E-state index in [0.717, 1.165) is 5.56 Å². The van der Waals surface area contributed by atoms with E-state index in [2.05, 4.69) is 20.8 Å². The Balaban J connectivity index is 1.67. The van der Waals surface area contributed by atoms with Gasteiger partial charge in [-0.25, -0.2) is 4.39 Å². The van der Waals surface area contributed by atoms with Gasteiger partial charge in [-0.2, -0.15) is 4.98 Å². The Morgan fingerprint density at radius 3 is 2.23 bits per heavy atom. The molecule has 0 saturated heterocycles. The number of carbonyl (C=O) groups excluding carboxylic acids is 2. The van der Waals surface area contributed by atoms with Crippen LogP contribution in [0.15, 0.2) is 53.1 Å². The quantitative estimate of drug-likeness (QED) is 0.601. The summed E-state index contributed by atoms with van der Waals surface area (Å²) >= 11 is 0. The molecule has 1 heterocycles. The molecule has 162 valence electrons. The summed E-state index contributed by atoms with van der Waals surface area (Å²) in [7, 11) is 0. The Kier molecular flexibility index (Phi) is 6.79. The summed E-state index contributed by atoms with van der Waals surface area (Å²) in [6.45, 7) is 7.35. The Hall–Kier alpha value is -3.55. The molecule has 31 heavy (non-hydrogen) atoms. The molecule has 0 spiro atoms. The van der Waals surface area contributed by atoms with Gasteiger partial charge in [0.05, 0.1) is 0 Å². The summed E-state index contributed by atoms with van der Waals surface area (Å²) in [6.07, 6.45) is 0. The smallest absolute Gasteiger partial charge is 0.251 e. The molecule has 2 atom stereocenters. The number of rotatable bonds is 7. The first kappa shape index (κ1) is 22.1. The molecule has 1 aromatic heterocycles. The zero-order chi connectivity index (χ0) is 22.5. The number of halogens is 1. The maximum absolute atomic E-state index is 13.1. The minimum absolute atomic E-state index is 0.140. The molecule has 2 unspecified atom stereocenters. The fraction of sp³-hybridized carbons (Fsp3) is 0.304. The zero-order valence-electron chi connectivity index (χ0n) is 17.8. The summed E-state index contributed by atoms with van der Waals surface area (Å²) in [5, 5.41) is 9.49. The van der Waals surface area contributed by atoms with Gasteiger partial charge in [0.1, 0.15) is 17.9 Å². The van der Waals surface area contributed by atoms with Gasteiger partial charge in [0.15, 0.2) is 0 Å². The van der Waals surface area contributed by atoms with Gasteiger partial charge >= 0.3 is 0 Å². The van der Waals surface area contributed by atoms with Crippen LogP contribution in [0.5, 0.6) is 0 Å². The number of hydrogen-bond acceptors (Lipinski definition) is 5. The number of carbonyl (C=O) groups is 2. The number of aromatic nitrogens is 2. The molecule has 0 aliphatic carbocycles. The van der Waals surface area contributed by atoms with Crippen LogP contribution in [0.1, 0.15) is 48.6 Å². The van der Waals surface area contributed by atoms with Crippen LogP contribution in [0.4, 0.5) is 4.39 Å². The fourth-order valence-electron chi connectivity index (χ4n) is 2.96. The van der Waals surface area contributed by atoms with E-state index in [-0.39, 0.29) is 29.4 Å². The van der Waals surface area contributed by atoms with Crippen molar-refractivity contribution in [3.63, 3.8) is 0 Å². The van der Waals surface area contributed by atoms with E-state index < -0.39 is 12.1 Å². The second kappa shape index (κ2) is 9.51. The number of nitrogens with zero attached hydrogens (tertiary/aromatic N) is 2. The minimum atomic E-state index is -0.740. The summed E-state index contributed by atoms with van der Waals surface area (Å²) in [5.74, 6) is -0.675. The van der Waals surface area contributed by atoms with Crippen LogP contribution in [0.3, 0.4) is 0 Å². The van der Waals surface area contributed by atoms with Crippen LogP contribution in [-0.4, -0.2) is 28.0 Å². The average Bonchev–Trinajstić information content (AvgIpc) is 3.23. The third-order valence-corrected chi connectivity index (χ3v) is 4.82. The van der Waals surface area contributed by atoms with Crippen molar-refractivity contribution in [2.75, 3.05) is 0 Å². The highest BCUT2D eigenvalue weighted by atomic mass is 19.1. The van der Waals surface area contributed by atoms with Gasteiger partial charge in [0, 0.05) is 11.1 Å². The van der Waals surface area contributed by atoms with Crippen molar-refractivity contribution in [3.8, 4) is 11.4 Å². The number of amides is 2. The normalized spacial score (nSPS) is 13.0. The van der Waals surface area contributed by atoms with Gasteiger partial charge in [0.2, 0.25) is 17.6 Å². The van der Waals surface area contributed by atoms with E-state index in [4.69, 9.17) is 4.52 Å². The molecular formula is C23H25FN4O3. The molecule has 0 radical (unpaired) electrons. The topological polar surface area (TPSA) is 97.1 Å². The third kappa shape index (κ3) is 5.53. The van der Waals surface area contributed by atoms with E-state index in [0.29, 0.717) is 17.0 Å². The van der Waals surface area contributed by atoms with E-state index in [9.17, 15) is 14.0 Å². The Morgan fingerprint density at radius 1 is 0.968 bits per heavy atom. The maximum atomic E-state index is 13.1.